The third-order valence-corrected chi connectivity index (χ3v) is 1.84. The number of hydrogen-bond acceptors (Lipinski definition) is 2. The van der Waals surface area contributed by atoms with Gasteiger partial charge in [-0.3, -0.25) is 4.79 Å². The van der Waals surface area contributed by atoms with Crippen molar-refractivity contribution in [1.82, 2.24) is 0 Å². The number of rotatable bonds is 0. The molecule has 0 spiro atoms. The SMILES string of the molecule is CC(=O)O.NC1C=Cc2ccccc21. The summed E-state index contributed by atoms with van der Waals surface area (Å²) in [7, 11) is 0. The summed E-state index contributed by atoms with van der Waals surface area (Å²) in [5.74, 6) is -0.833. The molecule has 3 nitrogen and oxygen atoms in total. The average Bonchev–Trinajstić information content (AvgIpc) is 2.48. The molecule has 0 saturated carbocycles. The van der Waals surface area contributed by atoms with Gasteiger partial charge in [0.05, 0.1) is 0 Å². The highest BCUT2D eigenvalue weighted by molar-refractivity contribution is 5.63. The maximum absolute atomic E-state index is 9.00. The lowest BCUT2D eigenvalue weighted by Crippen LogP contribution is -2.03. The van der Waals surface area contributed by atoms with Gasteiger partial charge in [-0.2, -0.15) is 0 Å². The Morgan fingerprint density at radius 2 is 2.00 bits per heavy atom. The van der Waals surface area contributed by atoms with E-state index in [2.05, 4.69) is 18.2 Å². The second kappa shape index (κ2) is 4.58. The summed E-state index contributed by atoms with van der Waals surface area (Å²) in [5, 5.41) is 7.42. The lowest BCUT2D eigenvalue weighted by molar-refractivity contribution is -0.134. The lowest BCUT2D eigenvalue weighted by atomic mass is 10.1. The first-order chi connectivity index (χ1) is 6.61. The maximum Gasteiger partial charge on any atom is 0.300 e. The van der Waals surface area contributed by atoms with Crippen LogP contribution in [-0.4, -0.2) is 11.1 Å². The van der Waals surface area contributed by atoms with Crippen LogP contribution in [0.1, 0.15) is 24.1 Å². The van der Waals surface area contributed by atoms with E-state index in [4.69, 9.17) is 15.6 Å². The highest BCUT2D eigenvalue weighted by Crippen LogP contribution is 2.24. The smallest absolute Gasteiger partial charge is 0.300 e. The Bertz CT molecular complexity index is 354. The van der Waals surface area contributed by atoms with E-state index in [-0.39, 0.29) is 6.04 Å². The molecule has 1 atom stereocenters. The van der Waals surface area contributed by atoms with E-state index < -0.39 is 5.97 Å². The largest absolute Gasteiger partial charge is 0.481 e. The topological polar surface area (TPSA) is 63.3 Å². The third kappa shape index (κ3) is 2.71. The van der Waals surface area contributed by atoms with Gasteiger partial charge in [-0.1, -0.05) is 36.4 Å². The first kappa shape index (κ1) is 10.5. The van der Waals surface area contributed by atoms with Crippen LogP contribution in [0.4, 0.5) is 0 Å². The first-order valence-electron chi connectivity index (χ1n) is 4.33. The maximum atomic E-state index is 9.00. The van der Waals surface area contributed by atoms with Gasteiger partial charge < -0.3 is 10.8 Å². The van der Waals surface area contributed by atoms with Crippen molar-refractivity contribution in [3.05, 3.63) is 41.5 Å². The Labute approximate surface area is 82.9 Å². The van der Waals surface area contributed by atoms with Crippen molar-refractivity contribution in [3.8, 4) is 0 Å². The zero-order chi connectivity index (χ0) is 10.6. The van der Waals surface area contributed by atoms with E-state index in [0.717, 1.165) is 6.92 Å². The van der Waals surface area contributed by atoms with Crippen LogP contribution in [-0.2, 0) is 4.79 Å². The van der Waals surface area contributed by atoms with Crippen molar-refractivity contribution in [2.24, 2.45) is 5.73 Å². The van der Waals surface area contributed by atoms with Crippen molar-refractivity contribution >= 4 is 12.0 Å². The normalized spacial score (nSPS) is 16.9. The Morgan fingerprint density at radius 3 is 2.57 bits per heavy atom. The lowest BCUT2D eigenvalue weighted by Gasteiger charge is -2.01. The van der Waals surface area contributed by atoms with Gasteiger partial charge in [0, 0.05) is 13.0 Å². The molecule has 0 aliphatic heterocycles. The van der Waals surface area contributed by atoms with E-state index in [1.165, 1.54) is 11.1 Å². The molecule has 1 unspecified atom stereocenters. The van der Waals surface area contributed by atoms with E-state index in [1.807, 2.05) is 18.2 Å². The van der Waals surface area contributed by atoms with Crippen LogP contribution in [0, 0.1) is 0 Å². The fraction of sp³-hybridized carbons (Fsp3) is 0.182. The number of carboxylic acids is 1. The van der Waals surface area contributed by atoms with Crippen LogP contribution >= 0.6 is 0 Å². The van der Waals surface area contributed by atoms with Gasteiger partial charge in [0.2, 0.25) is 0 Å². The number of benzene rings is 1. The van der Waals surface area contributed by atoms with Crippen molar-refractivity contribution in [2.75, 3.05) is 0 Å². The molecule has 0 aromatic heterocycles. The van der Waals surface area contributed by atoms with Gasteiger partial charge in [-0.15, -0.1) is 0 Å². The molecule has 0 saturated heterocycles. The van der Waals surface area contributed by atoms with Crippen molar-refractivity contribution in [1.29, 1.82) is 0 Å². The molecular formula is C11H13NO2. The van der Waals surface area contributed by atoms with E-state index in [9.17, 15) is 0 Å². The molecule has 74 valence electrons. The molecule has 0 bridgehead atoms. The number of carboxylic acid groups (broad SMARTS) is 1. The number of nitrogens with two attached hydrogens (primary N) is 1. The highest BCUT2D eigenvalue weighted by Gasteiger charge is 2.10. The fourth-order valence-corrected chi connectivity index (χ4v) is 1.28. The second-order valence-electron chi connectivity index (χ2n) is 3.03. The molecule has 1 aliphatic carbocycles. The third-order valence-electron chi connectivity index (χ3n) is 1.84. The van der Waals surface area contributed by atoms with Gasteiger partial charge in [-0.25, -0.2) is 0 Å². The Balaban J connectivity index is 0.000000213. The summed E-state index contributed by atoms with van der Waals surface area (Å²) < 4.78 is 0. The molecule has 14 heavy (non-hydrogen) atoms. The van der Waals surface area contributed by atoms with Gasteiger partial charge >= 0.3 is 0 Å². The van der Waals surface area contributed by atoms with Crippen LogP contribution in [0.15, 0.2) is 30.3 Å². The van der Waals surface area contributed by atoms with Crippen LogP contribution < -0.4 is 5.73 Å². The monoisotopic (exact) mass is 191 g/mol. The first-order valence-corrected chi connectivity index (χ1v) is 4.33. The van der Waals surface area contributed by atoms with E-state index >= 15 is 0 Å². The van der Waals surface area contributed by atoms with Crippen molar-refractivity contribution in [2.45, 2.75) is 13.0 Å². The molecule has 3 N–H and O–H groups in total. The van der Waals surface area contributed by atoms with Crippen LogP contribution in [0.3, 0.4) is 0 Å². The number of fused-ring (bicyclic) bond motifs is 1. The predicted octanol–water partition coefficient (Wildman–Crippen LogP) is 1.80. The molecule has 0 amide bonds. The number of hydrogen-bond donors (Lipinski definition) is 2. The predicted molar refractivity (Wildman–Crippen MR) is 55.7 cm³/mol. The highest BCUT2D eigenvalue weighted by atomic mass is 16.4. The second-order valence-corrected chi connectivity index (χ2v) is 3.03. The molecule has 3 heteroatoms. The number of aliphatic carboxylic acids is 1. The summed E-state index contributed by atoms with van der Waals surface area (Å²) in [6.45, 7) is 1.08. The summed E-state index contributed by atoms with van der Waals surface area (Å²) in [5.41, 5.74) is 8.26. The molecule has 2 rings (SSSR count). The Kier molecular flexibility index (Phi) is 3.42. The minimum Gasteiger partial charge on any atom is -0.481 e. The van der Waals surface area contributed by atoms with Crippen molar-refractivity contribution in [3.63, 3.8) is 0 Å². The standard InChI is InChI=1S/C9H9N.C2H4O2/c10-9-6-5-7-3-1-2-4-8(7)9;1-2(3)4/h1-6,9H,10H2;1H3,(H,3,4). The van der Waals surface area contributed by atoms with E-state index in [1.54, 1.807) is 0 Å². The zero-order valence-corrected chi connectivity index (χ0v) is 7.97. The van der Waals surface area contributed by atoms with Gasteiger partial charge in [-0.05, 0) is 11.1 Å². The zero-order valence-electron chi connectivity index (χ0n) is 7.97. The Morgan fingerprint density at radius 1 is 1.43 bits per heavy atom. The molecule has 1 aromatic rings. The molecular weight excluding hydrogens is 178 g/mol. The Hall–Kier alpha value is -1.61. The van der Waals surface area contributed by atoms with Gasteiger partial charge in [0.15, 0.2) is 0 Å². The summed E-state index contributed by atoms with van der Waals surface area (Å²) in [6.07, 6.45) is 4.09. The molecule has 0 heterocycles. The molecule has 1 aliphatic rings. The van der Waals surface area contributed by atoms with Gasteiger partial charge in [0.25, 0.3) is 5.97 Å². The van der Waals surface area contributed by atoms with Crippen LogP contribution in [0.25, 0.3) is 6.08 Å². The summed E-state index contributed by atoms with van der Waals surface area (Å²) >= 11 is 0. The van der Waals surface area contributed by atoms with Crippen molar-refractivity contribution < 1.29 is 9.90 Å². The number of carbonyl (C=O) groups is 1. The van der Waals surface area contributed by atoms with Crippen LogP contribution in [0.2, 0.25) is 0 Å². The van der Waals surface area contributed by atoms with Gasteiger partial charge in [0.1, 0.15) is 0 Å². The molecule has 0 fully saturated rings. The molecule has 1 aromatic carbocycles. The summed E-state index contributed by atoms with van der Waals surface area (Å²) in [4.78, 5) is 9.00. The summed E-state index contributed by atoms with van der Waals surface area (Å²) in [6, 6.07) is 8.32. The fourth-order valence-electron chi connectivity index (χ4n) is 1.28. The minimum atomic E-state index is -0.833. The van der Waals surface area contributed by atoms with E-state index in [0.29, 0.717) is 0 Å². The van der Waals surface area contributed by atoms with Crippen LogP contribution in [0.5, 0.6) is 0 Å². The minimum absolute atomic E-state index is 0.121. The quantitative estimate of drug-likeness (QED) is 0.657. The molecule has 0 radical (unpaired) electrons. The average molecular weight is 191 g/mol.